The zero-order valence-electron chi connectivity index (χ0n) is 19.9. The topological polar surface area (TPSA) is 50.9 Å². The number of nitrogens with zero attached hydrogens (tertiary/aromatic N) is 3. The van der Waals surface area contributed by atoms with E-state index in [2.05, 4.69) is 17.1 Å². The summed E-state index contributed by atoms with van der Waals surface area (Å²) in [5.41, 5.74) is 3.57. The molecule has 0 aliphatic carbocycles. The van der Waals surface area contributed by atoms with Crippen LogP contribution >= 0.6 is 0 Å². The van der Waals surface area contributed by atoms with Crippen LogP contribution in [0.2, 0.25) is 0 Å². The van der Waals surface area contributed by atoms with E-state index in [1.807, 2.05) is 36.4 Å². The molecule has 3 rings (SSSR count). The van der Waals surface area contributed by atoms with Gasteiger partial charge in [-0.15, -0.1) is 15.0 Å². The molecule has 0 radical (unpaired) electrons. The molecule has 0 unspecified atom stereocenters. The van der Waals surface area contributed by atoms with E-state index in [1.54, 1.807) is 10.9 Å². The second-order valence-electron chi connectivity index (χ2n) is 9.15. The molecule has 2 aromatic carbocycles. The van der Waals surface area contributed by atoms with Gasteiger partial charge in [0.1, 0.15) is 22.5 Å². The van der Waals surface area contributed by atoms with Crippen LogP contribution in [0.4, 0.5) is 0 Å². The van der Waals surface area contributed by atoms with Gasteiger partial charge in [0, 0.05) is 0 Å². The molecule has 32 heavy (non-hydrogen) atoms. The lowest BCUT2D eigenvalue weighted by Gasteiger charge is -2.07. The first-order valence-corrected chi connectivity index (χ1v) is 12.9. The summed E-state index contributed by atoms with van der Waals surface area (Å²) < 4.78 is 0. The summed E-state index contributed by atoms with van der Waals surface area (Å²) in [5.74, 6) is 0.218. The summed E-state index contributed by atoms with van der Waals surface area (Å²) in [6.45, 7) is 2.28. The zero-order valence-corrected chi connectivity index (χ0v) is 19.9. The number of fused-ring (bicyclic) bond motifs is 1. The predicted octanol–water partition coefficient (Wildman–Crippen LogP) is 8.15. The van der Waals surface area contributed by atoms with Crippen LogP contribution in [0.1, 0.15) is 102 Å². The molecule has 3 aromatic rings. The molecule has 4 heteroatoms. The van der Waals surface area contributed by atoms with E-state index in [4.69, 9.17) is 0 Å². The lowest BCUT2D eigenvalue weighted by Crippen LogP contribution is -2.00. The number of phenolic OH excluding ortho intramolecular Hbond substituents is 1. The Kier molecular flexibility index (Phi) is 10.6. The highest BCUT2D eigenvalue weighted by atomic mass is 16.3. The van der Waals surface area contributed by atoms with Gasteiger partial charge in [-0.25, -0.2) is 0 Å². The molecule has 4 nitrogen and oxygen atoms in total. The predicted molar refractivity (Wildman–Crippen MR) is 135 cm³/mol. The van der Waals surface area contributed by atoms with Crippen molar-refractivity contribution in [3.8, 4) is 11.4 Å². The molecule has 0 bridgehead atoms. The van der Waals surface area contributed by atoms with E-state index in [9.17, 15) is 5.11 Å². The Bertz CT molecular complexity index is 885. The van der Waals surface area contributed by atoms with Crippen molar-refractivity contribution in [2.24, 2.45) is 0 Å². The average Bonchev–Trinajstić information content (AvgIpc) is 3.24. The van der Waals surface area contributed by atoms with Gasteiger partial charge in [0.2, 0.25) is 0 Å². The van der Waals surface area contributed by atoms with E-state index in [1.165, 1.54) is 95.5 Å². The zero-order chi connectivity index (χ0) is 22.4. The van der Waals surface area contributed by atoms with Crippen LogP contribution in [0, 0.1) is 0 Å². The molecule has 0 aliphatic heterocycles. The first-order chi connectivity index (χ1) is 15.8. The van der Waals surface area contributed by atoms with Crippen molar-refractivity contribution in [1.82, 2.24) is 15.0 Å². The molecule has 0 fully saturated rings. The number of aryl methyl sites for hydroxylation is 1. The fraction of sp³-hybridized carbons (Fsp3) is 0.571. The summed E-state index contributed by atoms with van der Waals surface area (Å²) in [5, 5.41) is 19.3. The van der Waals surface area contributed by atoms with Gasteiger partial charge in [0.05, 0.1) is 0 Å². The van der Waals surface area contributed by atoms with Crippen LogP contribution in [0.3, 0.4) is 0 Å². The minimum atomic E-state index is 0.218. The number of aromatic hydroxyl groups is 1. The Morgan fingerprint density at radius 3 is 1.69 bits per heavy atom. The second-order valence-corrected chi connectivity index (χ2v) is 9.15. The largest absolute Gasteiger partial charge is 0.506 e. The molecule has 1 heterocycles. The number of unbranched alkanes of at least 4 members (excludes halogenated alkanes) is 13. The average molecular weight is 436 g/mol. The van der Waals surface area contributed by atoms with E-state index >= 15 is 0 Å². The second kappa shape index (κ2) is 13.9. The van der Waals surface area contributed by atoms with Gasteiger partial charge in [-0.05, 0) is 42.7 Å². The number of benzene rings is 2. The lowest BCUT2D eigenvalue weighted by molar-refractivity contribution is 0.467. The first-order valence-electron chi connectivity index (χ1n) is 12.9. The molecular formula is C28H41N3O. The third kappa shape index (κ3) is 7.96. The molecule has 0 aliphatic rings. The Labute approximate surface area is 194 Å². The fourth-order valence-electron chi connectivity index (χ4n) is 4.38. The van der Waals surface area contributed by atoms with Crippen molar-refractivity contribution in [3.63, 3.8) is 0 Å². The number of rotatable bonds is 16. The van der Waals surface area contributed by atoms with Gasteiger partial charge in [-0.1, -0.05) is 109 Å². The molecule has 0 amide bonds. The highest BCUT2D eigenvalue weighted by Gasteiger charge is 2.09. The molecule has 0 spiro atoms. The van der Waals surface area contributed by atoms with Crippen LogP contribution < -0.4 is 0 Å². The minimum absolute atomic E-state index is 0.218. The van der Waals surface area contributed by atoms with E-state index in [0.717, 1.165) is 17.5 Å². The van der Waals surface area contributed by atoms with Gasteiger partial charge in [-0.2, -0.15) is 0 Å². The van der Waals surface area contributed by atoms with Crippen molar-refractivity contribution in [2.45, 2.75) is 103 Å². The van der Waals surface area contributed by atoms with Crippen molar-refractivity contribution in [2.75, 3.05) is 0 Å². The summed E-state index contributed by atoms with van der Waals surface area (Å²) in [7, 11) is 0. The van der Waals surface area contributed by atoms with Gasteiger partial charge >= 0.3 is 0 Å². The summed E-state index contributed by atoms with van der Waals surface area (Å²) in [6, 6.07) is 13.6. The van der Waals surface area contributed by atoms with Gasteiger partial charge < -0.3 is 5.11 Å². The molecule has 174 valence electrons. The quantitative estimate of drug-likeness (QED) is 0.231. The number of phenols is 1. The fourth-order valence-corrected chi connectivity index (χ4v) is 4.38. The highest BCUT2D eigenvalue weighted by Crippen LogP contribution is 2.24. The van der Waals surface area contributed by atoms with Crippen molar-refractivity contribution < 1.29 is 5.11 Å². The molecule has 0 saturated carbocycles. The summed E-state index contributed by atoms with van der Waals surface area (Å²) in [4.78, 5) is 1.55. The number of hydrogen-bond acceptors (Lipinski definition) is 3. The standard InChI is InChI=1S/C28H41N3O/c1-2-3-4-5-6-7-8-9-10-11-12-13-14-15-18-24-21-22-28(32)27(23-24)31-29-25-19-16-17-20-26(25)30-31/h16-17,19-23,32H,2-15,18H2,1H3. The first kappa shape index (κ1) is 24.3. The SMILES string of the molecule is CCCCCCCCCCCCCCCCc1ccc(O)c(-n2nc3ccccc3n2)c1. The molecular weight excluding hydrogens is 394 g/mol. The van der Waals surface area contributed by atoms with E-state index in [-0.39, 0.29) is 5.75 Å². The van der Waals surface area contributed by atoms with Gasteiger partial charge in [-0.3, -0.25) is 0 Å². The number of hydrogen-bond donors (Lipinski definition) is 1. The van der Waals surface area contributed by atoms with Gasteiger partial charge in [0.15, 0.2) is 0 Å². The summed E-state index contributed by atoms with van der Waals surface area (Å²) in [6.07, 6.45) is 20.3. The van der Waals surface area contributed by atoms with Crippen molar-refractivity contribution in [3.05, 3.63) is 48.0 Å². The maximum absolute atomic E-state index is 10.3. The smallest absolute Gasteiger partial charge is 0.143 e. The van der Waals surface area contributed by atoms with Gasteiger partial charge in [0.25, 0.3) is 0 Å². The third-order valence-electron chi connectivity index (χ3n) is 6.36. The van der Waals surface area contributed by atoms with Crippen molar-refractivity contribution >= 4 is 11.0 Å². The van der Waals surface area contributed by atoms with Crippen molar-refractivity contribution in [1.29, 1.82) is 0 Å². The van der Waals surface area contributed by atoms with Crippen LogP contribution in [-0.2, 0) is 6.42 Å². The van der Waals surface area contributed by atoms with E-state index < -0.39 is 0 Å². The molecule has 1 aromatic heterocycles. The third-order valence-corrected chi connectivity index (χ3v) is 6.36. The summed E-state index contributed by atoms with van der Waals surface area (Å²) >= 11 is 0. The van der Waals surface area contributed by atoms with Crippen LogP contribution in [0.25, 0.3) is 16.7 Å². The van der Waals surface area contributed by atoms with E-state index in [0.29, 0.717) is 5.69 Å². The Hall–Kier alpha value is -2.36. The maximum Gasteiger partial charge on any atom is 0.143 e. The molecule has 0 saturated heterocycles. The Balaban J connectivity index is 1.29. The normalized spacial score (nSPS) is 11.4. The Morgan fingerprint density at radius 2 is 1.16 bits per heavy atom. The highest BCUT2D eigenvalue weighted by molar-refractivity contribution is 5.73. The lowest BCUT2D eigenvalue weighted by atomic mass is 10.0. The van der Waals surface area contributed by atoms with Crippen LogP contribution in [0.5, 0.6) is 5.75 Å². The number of aromatic nitrogens is 3. The van der Waals surface area contributed by atoms with Crippen LogP contribution in [0.15, 0.2) is 42.5 Å². The monoisotopic (exact) mass is 435 g/mol. The molecule has 0 atom stereocenters. The maximum atomic E-state index is 10.3. The minimum Gasteiger partial charge on any atom is -0.506 e. The molecule has 1 N–H and O–H groups in total. The Morgan fingerprint density at radius 1 is 0.656 bits per heavy atom. The van der Waals surface area contributed by atoms with Crippen LogP contribution in [-0.4, -0.2) is 20.1 Å².